The summed E-state index contributed by atoms with van der Waals surface area (Å²) >= 11 is 0. The average Bonchev–Trinajstić information content (AvgIpc) is 2.89. The maximum atomic E-state index is 9.38. The zero-order valence-corrected chi connectivity index (χ0v) is 10.0. The minimum Gasteiger partial charge on any atom is -0.462 e. The number of hydrogen-bond acceptors (Lipinski definition) is 4. The van der Waals surface area contributed by atoms with Crippen LogP contribution in [0.4, 0.5) is 0 Å². The molecule has 4 nitrogen and oxygen atoms in total. The Hall–Kier alpha value is -1.62. The normalized spacial score (nSPS) is 12.6. The van der Waals surface area contributed by atoms with Crippen LogP contribution in [0.2, 0.25) is 0 Å². The van der Waals surface area contributed by atoms with Gasteiger partial charge < -0.3 is 19.9 Å². The number of aliphatic hydroxyl groups excluding tert-OH is 2. The van der Waals surface area contributed by atoms with Gasteiger partial charge in [-0.25, -0.2) is 0 Å². The van der Waals surface area contributed by atoms with E-state index in [4.69, 9.17) is 9.52 Å². The summed E-state index contributed by atoms with van der Waals surface area (Å²) in [7, 11) is 0. The van der Waals surface area contributed by atoms with Crippen LogP contribution in [-0.4, -0.2) is 16.8 Å². The third-order valence-electron chi connectivity index (χ3n) is 2.78. The molecular weight excluding hydrogens is 230 g/mol. The van der Waals surface area contributed by atoms with E-state index in [1.54, 1.807) is 6.07 Å². The van der Waals surface area contributed by atoms with Crippen molar-refractivity contribution in [1.82, 2.24) is 5.32 Å². The van der Waals surface area contributed by atoms with E-state index in [2.05, 4.69) is 5.32 Å². The van der Waals surface area contributed by atoms with Gasteiger partial charge in [0.05, 0.1) is 19.2 Å². The third-order valence-corrected chi connectivity index (χ3v) is 2.78. The van der Waals surface area contributed by atoms with E-state index in [0.29, 0.717) is 12.3 Å². The maximum absolute atomic E-state index is 9.38. The molecule has 0 aliphatic heterocycles. The molecule has 0 unspecified atom stereocenters. The summed E-state index contributed by atoms with van der Waals surface area (Å²) in [6.45, 7) is 0.444. The van der Waals surface area contributed by atoms with Gasteiger partial charge in [0.15, 0.2) is 0 Å². The second-order valence-corrected chi connectivity index (χ2v) is 4.05. The predicted octanol–water partition coefficient (Wildman–Crippen LogP) is 1.60. The SMILES string of the molecule is OCc1ccc(CN[C@H](CO)c2ccccc2)o1. The fraction of sp³-hybridized carbons (Fsp3) is 0.286. The van der Waals surface area contributed by atoms with Crippen LogP contribution in [0, 0.1) is 0 Å². The Labute approximate surface area is 106 Å². The summed E-state index contributed by atoms with van der Waals surface area (Å²) in [5.41, 5.74) is 1.04. The Kier molecular flexibility index (Phi) is 4.52. The fourth-order valence-electron chi connectivity index (χ4n) is 1.80. The van der Waals surface area contributed by atoms with Gasteiger partial charge in [0.1, 0.15) is 18.1 Å². The van der Waals surface area contributed by atoms with Crippen molar-refractivity contribution >= 4 is 0 Å². The van der Waals surface area contributed by atoms with Crippen molar-refractivity contribution in [3.8, 4) is 0 Å². The number of aliphatic hydroxyl groups is 2. The number of rotatable bonds is 6. The van der Waals surface area contributed by atoms with Gasteiger partial charge in [0.2, 0.25) is 0 Å². The molecule has 0 amide bonds. The first-order chi connectivity index (χ1) is 8.83. The molecule has 1 aromatic heterocycles. The van der Waals surface area contributed by atoms with Crippen LogP contribution < -0.4 is 5.32 Å². The van der Waals surface area contributed by atoms with Gasteiger partial charge in [-0.05, 0) is 17.7 Å². The van der Waals surface area contributed by atoms with Crippen molar-refractivity contribution in [2.45, 2.75) is 19.2 Å². The summed E-state index contributed by atoms with van der Waals surface area (Å²) < 4.78 is 5.37. The molecule has 0 aliphatic rings. The maximum Gasteiger partial charge on any atom is 0.129 e. The number of furan rings is 1. The van der Waals surface area contributed by atoms with Crippen molar-refractivity contribution in [2.24, 2.45) is 0 Å². The Morgan fingerprint density at radius 2 is 1.72 bits per heavy atom. The predicted molar refractivity (Wildman–Crippen MR) is 67.7 cm³/mol. The van der Waals surface area contributed by atoms with Gasteiger partial charge in [-0.3, -0.25) is 0 Å². The summed E-state index contributed by atoms with van der Waals surface area (Å²) in [4.78, 5) is 0. The number of nitrogens with one attached hydrogen (secondary N) is 1. The highest BCUT2D eigenvalue weighted by molar-refractivity contribution is 5.19. The summed E-state index contributed by atoms with van der Waals surface area (Å²) in [5, 5.41) is 21.5. The summed E-state index contributed by atoms with van der Waals surface area (Å²) in [6, 6.07) is 13.2. The molecule has 2 aromatic rings. The van der Waals surface area contributed by atoms with E-state index in [9.17, 15) is 5.11 Å². The third kappa shape index (κ3) is 3.20. The first-order valence-electron chi connectivity index (χ1n) is 5.91. The van der Waals surface area contributed by atoms with Crippen molar-refractivity contribution in [2.75, 3.05) is 6.61 Å². The lowest BCUT2D eigenvalue weighted by atomic mass is 10.1. The van der Waals surface area contributed by atoms with Crippen molar-refractivity contribution in [1.29, 1.82) is 0 Å². The minimum absolute atomic E-state index is 0.0254. The van der Waals surface area contributed by atoms with Crippen LogP contribution in [0.25, 0.3) is 0 Å². The van der Waals surface area contributed by atoms with Crippen LogP contribution >= 0.6 is 0 Å². The van der Waals surface area contributed by atoms with Gasteiger partial charge in [-0.15, -0.1) is 0 Å². The van der Waals surface area contributed by atoms with Gasteiger partial charge in [-0.1, -0.05) is 30.3 Å². The van der Waals surface area contributed by atoms with Crippen molar-refractivity contribution in [3.63, 3.8) is 0 Å². The van der Waals surface area contributed by atoms with Crippen LogP contribution in [-0.2, 0) is 13.2 Å². The van der Waals surface area contributed by atoms with E-state index in [-0.39, 0.29) is 19.3 Å². The number of hydrogen-bond donors (Lipinski definition) is 3. The monoisotopic (exact) mass is 247 g/mol. The van der Waals surface area contributed by atoms with Gasteiger partial charge >= 0.3 is 0 Å². The average molecular weight is 247 g/mol. The summed E-state index contributed by atoms with van der Waals surface area (Å²) in [6.07, 6.45) is 0. The van der Waals surface area contributed by atoms with Crippen LogP contribution in [0.15, 0.2) is 46.9 Å². The lowest BCUT2D eigenvalue weighted by Gasteiger charge is -2.15. The van der Waals surface area contributed by atoms with Crippen molar-refractivity contribution in [3.05, 3.63) is 59.5 Å². The van der Waals surface area contributed by atoms with Gasteiger partial charge in [-0.2, -0.15) is 0 Å². The van der Waals surface area contributed by atoms with E-state index in [1.165, 1.54) is 0 Å². The Balaban J connectivity index is 1.95. The Bertz CT molecular complexity index is 467. The molecule has 0 saturated heterocycles. The topological polar surface area (TPSA) is 65.6 Å². The molecule has 96 valence electrons. The van der Waals surface area contributed by atoms with Crippen LogP contribution in [0.1, 0.15) is 23.1 Å². The van der Waals surface area contributed by atoms with Gasteiger partial charge in [0, 0.05) is 0 Å². The molecule has 0 aliphatic carbocycles. The first kappa shape index (κ1) is 12.8. The van der Waals surface area contributed by atoms with E-state index in [1.807, 2.05) is 36.4 Å². The highest BCUT2D eigenvalue weighted by Gasteiger charge is 2.10. The molecular formula is C14H17NO3. The largest absolute Gasteiger partial charge is 0.462 e. The second-order valence-electron chi connectivity index (χ2n) is 4.05. The molecule has 0 radical (unpaired) electrons. The smallest absolute Gasteiger partial charge is 0.129 e. The number of benzene rings is 1. The van der Waals surface area contributed by atoms with Crippen LogP contribution in [0.5, 0.6) is 0 Å². The molecule has 0 bridgehead atoms. The minimum atomic E-state index is -0.117. The zero-order chi connectivity index (χ0) is 12.8. The summed E-state index contributed by atoms with van der Waals surface area (Å²) in [5.74, 6) is 1.29. The van der Waals surface area contributed by atoms with Crippen LogP contribution in [0.3, 0.4) is 0 Å². The lowest BCUT2D eigenvalue weighted by Crippen LogP contribution is -2.23. The fourth-order valence-corrected chi connectivity index (χ4v) is 1.80. The molecule has 4 heteroatoms. The molecule has 0 fully saturated rings. The Morgan fingerprint density at radius 1 is 1.00 bits per heavy atom. The Morgan fingerprint density at radius 3 is 2.33 bits per heavy atom. The van der Waals surface area contributed by atoms with E-state index in [0.717, 1.165) is 11.3 Å². The highest BCUT2D eigenvalue weighted by atomic mass is 16.4. The zero-order valence-electron chi connectivity index (χ0n) is 10.0. The molecule has 1 atom stereocenters. The molecule has 0 saturated carbocycles. The standard InChI is InChI=1S/C14H17NO3/c16-9-13-7-6-12(18-13)8-15-14(10-17)11-4-2-1-3-5-11/h1-7,14-17H,8-10H2/t14-/m1/s1. The molecule has 1 aromatic carbocycles. The lowest BCUT2D eigenvalue weighted by molar-refractivity contribution is 0.231. The second kappa shape index (κ2) is 6.35. The van der Waals surface area contributed by atoms with E-state index < -0.39 is 0 Å². The van der Waals surface area contributed by atoms with E-state index >= 15 is 0 Å². The molecule has 2 rings (SSSR count). The molecule has 3 N–H and O–H groups in total. The van der Waals surface area contributed by atoms with Gasteiger partial charge in [0.25, 0.3) is 0 Å². The molecule has 0 spiro atoms. The highest BCUT2D eigenvalue weighted by Crippen LogP contribution is 2.14. The van der Waals surface area contributed by atoms with Crippen molar-refractivity contribution < 1.29 is 14.6 Å². The molecule has 1 heterocycles. The quantitative estimate of drug-likeness (QED) is 0.725. The molecule has 18 heavy (non-hydrogen) atoms. The first-order valence-corrected chi connectivity index (χ1v) is 5.91.